The molecule has 1 saturated heterocycles. The SMILES string of the molecule is O=C(N[C@H]1CCOC1=O)c1ccc(-c2cn(-c3ccc4cc[nH]c4c3)nn2)cc1. The van der Waals surface area contributed by atoms with Gasteiger partial charge in [-0.25, -0.2) is 9.48 Å². The molecular weight excluding hydrogens is 370 g/mol. The second-order valence-electron chi connectivity index (χ2n) is 6.86. The monoisotopic (exact) mass is 387 g/mol. The Morgan fingerprint density at radius 3 is 2.83 bits per heavy atom. The van der Waals surface area contributed by atoms with E-state index in [-0.39, 0.29) is 11.9 Å². The molecular formula is C21H17N5O3. The van der Waals surface area contributed by atoms with E-state index in [4.69, 9.17) is 4.74 Å². The molecule has 2 aromatic heterocycles. The lowest BCUT2D eigenvalue weighted by molar-refractivity contribution is -0.139. The summed E-state index contributed by atoms with van der Waals surface area (Å²) >= 11 is 0. The number of cyclic esters (lactones) is 1. The number of hydrogen-bond acceptors (Lipinski definition) is 5. The van der Waals surface area contributed by atoms with E-state index in [9.17, 15) is 9.59 Å². The minimum atomic E-state index is -0.570. The van der Waals surface area contributed by atoms with Crippen LogP contribution < -0.4 is 5.32 Å². The second-order valence-corrected chi connectivity index (χ2v) is 6.86. The van der Waals surface area contributed by atoms with E-state index in [1.807, 2.05) is 48.8 Å². The van der Waals surface area contributed by atoms with Crippen LogP contribution in [0.15, 0.2) is 60.9 Å². The maximum absolute atomic E-state index is 12.3. The molecule has 0 radical (unpaired) electrons. The number of benzene rings is 2. The van der Waals surface area contributed by atoms with Crippen LogP contribution in [-0.4, -0.2) is 44.5 Å². The van der Waals surface area contributed by atoms with Crippen LogP contribution in [0.4, 0.5) is 0 Å². The first-order valence-corrected chi connectivity index (χ1v) is 9.25. The highest BCUT2D eigenvalue weighted by atomic mass is 16.5. The van der Waals surface area contributed by atoms with Gasteiger partial charge in [0.05, 0.1) is 18.5 Å². The maximum atomic E-state index is 12.3. The van der Waals surface area contributed by atoms with E-state index in [2.05, 4.69) is 20.6 Å². The number of esters is 1. The highest BCUT2D eigenvalue weighted by molar-refractivity contribution is 5.97. The Kier molecular flexibility index (Phi) is 4.09. The van der Waals surface area contributed by atoms with Crippen LogP contribution in [0.25, 0.3) is 27.8 Å². The van der Waals surface area contributed by atoms with Gasteiger partial charge in [-0.05, 0) is 35.7 Å². The van der Waals surface area contributed by atoms with Crippen LogP contribution in [0, 0.1) is 0 Å². The zero-order valence-electron chi connectivity index (χ0n) is 15.3. The third-order valence-corrected chi connectivity index (χ3v) is 4.98. The summed E-state index contributed by atoms with van der Waals surface area (Å²) in [6.07, 6.45) is 4.24. The Balaban J connectivity index is 1.34. The summed E-state index contributed by atoms with van der Waals surface area (Å²) in [7, 11) is 0. The first-order valence-electron chi connectivity index (χ1n) is 9.25. The quantitative estimate of drug-likeness (QED) is 0.524. The van der Waals surface area contributed by atoms with Gasteiger partial charge in [-0.1, -0.05) is 23.4 Å². The molecule has 29 heavy (non-hydrogen) atoms. The van der Waals surface area contributed by atoms with Crippen molar-refractivity contribution >= 4 is 22.8 Å². The lowest BCUT2D eigenvalue weighted by atomic mass is 10.1. The van der Waals surface area contributed by atoms with E-state index in [0.29, 0.717) is 24.3 Å². The standard InChI is InChI=1S/C21H17N5O3/c27-20(23-17-8-10-29-21(17)28)15-3-1-13(2-4-15)19-12-26(25-24-19)16-6-5-14-7-9-22-18(14)11-16/h1-7,9,11-12,17,22H,8,10H2,(H,23,27)/t17-/m0/s1. The van der Waals surface area contributed by atoms with Crippen molar-refractivity contribution in [2.75, 3.05) is 6.61 Å². The fourth-order valence-electron chi connectivity index (χ4n) is 3.36. The Morgan fingerprint density at radius 2 is 2.03 bits per heavy atom. The van der Waals surface area contributed by atoms with Gasteiger partial charge in [-0.3, -0.25) is 4.79 Å². The number of carbonyl (C=O) groups is 2. The third kappa shape index (κ3) is 3.25. The van der Waals surface area contributed by atoms with Crippen LogP contribution in [0.3, 0.4) is 0 Å². The van der Waals surface area contributed by atoms with E-state index in [0.717, 1.165) is 22.2 Å². The van der Waals surface area contributed by atoms with Gasteiger partial charge in [0.1, 0.15) is 11.7 Å². The Labute approximate surface area is 165 Å². The summed E-state index contributed by atoms with van der Waals surface area (Å²) in [4.78, 5) is 27.0. The highest BCUT2D eigenvalue weighted by Gasteiger charge is 2.28. The molecule has 2 aromatic carbocycles. The second kappa shape index (κ2) is 6.90. The zero-order chi connectivity index (χ0) is 19.8. The number of nitrogens with zero attached hydrogens (tertiary/aromatic N) is 3. The number of aromatic nitrogens is 4. The molecule has 4 aromatic rings. The van der Waals surface area contributed by atoms with E-state index >= 15 is 0 Å². The Bertz CT molecular complexity index is 1210. The summed E-state index contributed by atoms with van der Waals surface area (Å²) in [5.41, 5.74) is 3.94. The van der Waals surface area contributed by atoms with Crippen molar-refractivity contribution in [3.8, 4) is 16.9 Å². The van der Waals surface area contributed by atoms with Crippen molar-refractivity contribution in [3.05, 3.63) is 66.5 Å². The predicted octanol–water partition coefficient (Wildman–Crippen LogP) is 2.46. The number of hydrogen-bond donors (Lipinski definition) is 2. The summed E-state index contributed by atoms with van der Waals surface area (Å²) in [6, 6.07) is 14.5. The number of aromatic amines is 1. The van der Waals surface area contributed by atoms with Gasteiger partial charge < -0.3 is 15.0 Å². The van der Waals surface area contributed by atoms with E-state index in [1.54, 1.807) is 16.8 Å². The van der Waals surface area contributed by atoms with Crippen molar-refractivity contribution in [3.63, 3.8) is 0 Å². The van der Waals surface area contributed by atoms with E-state index < -0.39 is 6.04 Å². The molecule has 1 aliphatic heterocycles. The number of nitrogens with one attached hydrogen (secondary N) is 2. The van der Waals surface area contributed by atoms with Crippen LogP contribution >= 0.6 is 0 Å². The fraction of sp³-hybridized carbons (Fsp3) is 0.143. The Morgan fingerprint density at radius 1 is 1.17 bits per heavy atom. The van der Waals surface area contributed by atoms with Crippen LogP contribution in [0.5, 0.6) is 0 Å². The van der Waals surface area contributed by atoms with Crippen molar-refractivity contribution in [1.82, 2.24) is 25.3 Å². The molecule has 1 fully saturated rings. The number of rotatable bonds is 4. The topological polar surface area (TPSA) is 102 Å². The Hall–Kier alpha value is -3.94. The molecule has 0 bridgehead atoms. The van der Waals surface area contributed by atoms with Crippen molar-refractivity contribution in [2.45, 2.75) is 12.5 Å². The lowest BCUT2D eigenvalue weighted by Crippen LogP contribution is -2.37. The van der Waals surface area contributed by atoms with Gasteiger partial charge in [-0.2, -0.15) is 0 Å². The minimum absolute atomic E-state index is 0.302. The number of H-pyrrole nitrogens is 1. The fourth-order valence-corrected chi connectivity index (χ4v) is 3.36. The molecule has 8 heteroatoms. The minimum Gasteiger partial charge on any atom is -0.464 e. The van der Waals surface area contributed by atoms with Crippen molar-refractivity contribution < 1.29 is 14.3 Å². The number of carbonyl (C=O) groups excluding carboxylic acids is 2. The normalized spacial score (nSPS) is 16.1. The molecule has 144 valence electrons. The summed E-state index contributed by atoms with van der Waals surface area (Å²) in [5, 5.41) is 12.3. The van der Waals surface area contributed by atoms with Gasteiger partial charge in [0.2, 0.25) is 0 Å². The highest BCUT2D eigenvalue weighted by Crippen LogP contribution is 2.21. The molecule has 0 spiro atoms. The summed E-state index contributed by atoms with van der Waals surface area (Å²) < 4.78 is 6.57. The molecule has 8 nitrogen and oxygen atoms in total. The molecule has 2 N–H and O–H groups in total. The first kappa shape index (κ1) is 17.2. The van der Waals surface area contributed by atoms with Gasteiger partial charge in [0.15, 0.2) is 0 Å². The average Bonchev–Trinajstić information content (AvgIpc) is 3.49. The smallest absolute Gasteiger partial charge is 0.328 e. The predicted molar refractivity (Wildman–Crippen MR) is 105 cm³/mol. The third-order valence-electron chi connectivity index (χ3n) is 4.98. The number of fused-ring (bicyclic) bond motifs is 1. The molecule has 0 saturated carbocycles. The zero-order valence-corrected chi connectivity index (χ0v) is 15.3. The molecule has 5 rings (SSSR count). The first-order chi connectivity index (χ1) is 14.2. The molecule has 0 aliphatic carbocycles. The molecule has 1 atom stereocenters. The van der Waals surface area contributed by atoms with Crippen LogP contribution in [0.1, 0.15) is 16.8 Å². The van der Waals surface area contributed by atoms with Gasteiger partial charge in [0, 0.05) is 29.3 Å². The van der Waals surface area contributed by atoms with Crippen molar-refractivity contribution in [2.24, 2.45) is 0 Å². The maximum Gasteiger partial charge on any atom is 0.328 e. The van der Waals surface area contributed by atoms with Gasteiger partial charge in [0.25, 0.3) is 5.91 Å². The molecule has 0 unspecified atom stereocenters. The molecule has 3 heterocycles. The summed E-state index contributed by atoms with van der Waals surface area (Å²) in [5.74, 6) is -0.688. The van der Waals surface area contributed by atoms with Crippen molar-refractivity contribution in [1.29, 1.82) is 0 Å². The van der Waals surface area contributed by atoms with E-state index in [1.165, 1.54) is 0 Å². The van der Waals surface area contributed by atoms with Gasteiger partial charge in [-0.15, -0.1) is 5.10 Å². The average molecular weight is 387 g/mol. The molecule has 1 aliphatic rings. The van der Waals surface area contributed by atoms with Gasteiger partial charge >= 0.3 is 5.97 Å². The number of amides is 1. The van der Waals surface area contributed by atoms with Crippen LogP contribution in [0.2, 0.25) is 0 Å². The summed E-state index contributed by atoms with van der Waals surface area (Å²) in [6.45, 7) is 0.342. The molecule has 1 amide bonds. The lowest BCUT2D eigenvalue weighted by Gasteiger charge is -2.09. The number of ether oxygens (including phenoxy) is 1. The van der Waals surface area contributed by atoms with Crippen LogP contribution in [-0.2, 0) is 9.53 Å². The largest absolute Gasteiger partial charge is 0.464 e.